The second-order valence-electron chi connectivity index (χ2n) is 4.49. The Kier molecular flexibility index (Phi) is 4.55. The highest BCUT2D eigenvalue weighted by molar-refractivity contribution is 9.10. The zero-order chi connectivity index (χ0) is 13.8. The van der Waals surface area contributed by atoms with E-state index in [1.807, 2.05) is 0 Å². The van der Waals surface area contributed by atoms with Gasteiger partial charge in [0.1, 0.15) is 0 Å². The average Bonchev–Trinajstić information content (AvgIpc) is 2.41. The van der Waals surface area contributed by atoms with Crippen molar-refractivity contribution in [2.75, 3.05) is 11.9 Å². The van der Waals surface area contributed by atoms with Crippen molar-refractivity contribution in [1.82, 2.24) is 5.32 Å². The summed E-state index contributed by atoms with van der Waals surface area (Å²) in [6, 6.07) is 4.37. The Morgan fingerprint density at radius 1 is 1.37 bits per heavy atom. The van der Waals surface area contributed by atoms with Crippen LogP contribution in [-0.4, -0.2) is 29.6 Å². The van der Waals surface area contributed by atoms with E-state index >= 15 is 0 Å². The van der Waals surface area contributed by atoms with Gasteiger partial charge in [0.15, 0.2) is 0 Å². The molecule has 0 spiro atoms. The Morgan fingerprint density at radius 3 is 2.74 bits per heavy atom. The summed E-state index contributed by atoms with van der Waals surface area (Å²) < 4.78 is 0.566. The normalized spacial score (nSPS) is 18.9. The lowest BCUT2D eigenvalue weighted by molar-refractivity contribution is -0.118. The van der Waals surface area contributed by atoms with Crippen LogP contribution in [0.3, 0.4) is 0 Å². The van der Waals surface area contributed by atoms with Crippen LogP contribution in [0.25, 0.3) is 0 Å². The molecule has 1 aliphatic heterocycles. The number of hydrogen-bond donors (Lipinski definition) is 3. The van der Waals surface area contributed by atoms with Crippen LogP contribution in [0, 0.1) is 0 Å². The van der Waals surface area contributed by atoms with E-state index in [4.69, 9.17) is 5.11 Å². The maximum absolute atomic E-state index is 12.0. The lowest BCUT2D eigenvalue weighted by Gasteiger charge is -2.22. The molecule has 0 radical (unpaired) electrons. The molecule has 19 heavy (non-hydrogen) atoms. The molecule has 1 fully saturated rings. The second-order valence-corrected chi connectivity index (χ2v) is 5.35. The molecule has 1 aromatic carbocycles. The van der Waals surface area contributed by atoms with Gasteiger partial charge in [-0.05, 0) is 53.5 Å². The fourth-order valence-corrected chi connectivity index (χ4v) is 2.52. The van der Waals surface area contributed by atoms with Gasteiger partial charge in [0, 0.05) is 4.47 Å². The Hall–Kier alpha value is -1.40. The molecule has 0 saturated carbocycles. The zero-order valence-corrected chi connectivity index (χ0v) is 11.9. The van der Waals surface area contributed by atoms with E-state index in [1.165, 1.54) is 12.1 Å². The number of hydrogen-bond acceptors (Lipinski definition) is 3. The van der Waals surface area contributed by atoms with Crippen LogP contribution in [0.5, 0.6) is 0 Å². The fourth-order valence-electron chi connectivity index (χ4n) is 2.04. The highest BCUT2D eigenvalue weighted by Gasteiger charge is 2.21. The number of amides is 1. The highest BCUT2D eigenvalue weighted by atomic mass is 79.9. The Labute approximate surface area is 119 Å². The number of nitrogens with one attached hydrogen (secondary N) is 2. The van der Waals surface area contributed by atoms with Crippen LogP contribution >= 0.6 is 15.9 Å². The molecule has 1 aliphatic rings. The standard InChI is InChI=1S/C13H15BrN2O3/c14-9-7-8(13(18)19)4-5-10(9)16-12(17)11-3-1-2-6-15-11/h4-5,7,11,15H,1-3,6H2,(H,16,17)(H,18,19)/t11-/m0/s1. The quantitative estimate of drug-likeness (QED) is 0.795. The first-order valence-electron chi connectivity index (χ1n) is 6.15. The number of halogens is 1. The van der Waals surface area contributed by atoms with Crippen molar-refractivity contribution in [3.8, 4) is 0 Å². The van der Waals surface area contributed by atoms with Gasteiger partial charge in [-0.25, -0.2) is 4.79 Å². The van der Waals surface area contributed by atoms with E-state index in [0.717, 1.165) is 25.8 Å². The smallest absolute Gasteiger partial charge is 0.335 e. The Balaban J connectivity index is 2.06. The van der Waals surface area contributed by atoms with Gasteiger partial charge >= 0.3 is 5.97 Å². The molecule has 1 heterocycles. The summed E-state index contributed by atoms with van der Waals surface area (Å²) in [5.41, 5.74) is 0.767. The average molecular weight is 327 g/mol. The molecule has 1 atom stereocenters. The van der Waals surface area contributed by atoms with E-state index < -0.39 is 5.97 Å². The fraction of sp³-hybridized carbons (Fsp3) is 0.385. The van der Waals surface area contributed by atoms with Crippen LogP contribution in [0.1, 0.15) is 29.6 Å². The molecule has 5 nitrogen and oxygen atoms in total. The maximum Gasteiger partial charge on any atom is 0.335 e. The Morgan fingerprint density at radius 2 is 2.16 bits per heavy atom. The number of carboxylic acid groups (broad SMARTS) is 1. The van der Waals surface area contributed by atoms with Crippen molar-refractivity contribution in [2.24, 2.45) is 0 Å². The molecule has 0 aliphatic carbocycles. The molecule has 6 heteroatoms. The number of aromatic carboxylic acids is 1. The molecular formula is C13H15BrN2O3. The first-order valence-corrected chi connectivity index (χ1v) is 6.94. The molecule has 3 N–H and O–H groups in total. The summed E-state index contributed by atoms with van der Waals surface area (Å²) in [6.45, 7) is 0.858. The molecule has 1 amide bonds. The van der Waals surface area contributed by atoms with E-state index in [0.29, 0.717) is 10.2 Å². The number of anilines is 1. The van der Waals surface area contributed by atoms with Gasteiger partial charge < -0.3 is 15.7 Å². The second kappa shape index (κ2) is 6.16. The summed E-state index contributed by atoms with van der Waals surface area (Å²) in [5, 5.41) is 14.8. The van der Waals surface area contributed by atoms with E-state index in [2.05, 4.69) is 26.6 Å². The minimum atomic E-state index is -0.993. The highest BCUT2D eigenvalue weighted by Crippen LogP contribution is 2.24. The largest absolute Gasteiger partial charge is 0.478 e. The molecule has 1 saturated heterocycles. The molecule has 0 bridgehead atoms. The molecule has 2 rings (SSSR count). The van der Waals surface area contributed by atoms with Gasteiger partial charge in [-0.3, -0.25) is 4.79 Å². The van der Waals surface area contributed by atoms with Gasteiger partial charge in [0.05, 0.1) is 17.3 Å². The van der Waals surface area contributed by atoms with Crippen molar-refractivity contribution in [1.29, 1.82) is 0 Å². The summed E-state index contributed by atoms with van der Waals surface area (Å²) in [7, 11) is 0. The van der Waals surface area contributed by atoms with Crippen LogP contribution in [-0.2, 0) is 4.79 Å². The van der Waals surface area contributed by atoms with Crippen molar-refractivity contribution in [2.45, 2.75) is 25.3 Å². The van der Waals surface area contributed by atoms with Crippen molar-refractivity contribution in [3.63, 3.8) is 0 Å². The van der Waals surface area contributed by atoms with Crippen molar-refractivity contribution in [3.05, 3.63) is 28.2 Å². The third-order valence-corrected chi connectivity index (χ3v) is 3.76. The SMILES string of the molecule is O=C(O)c1ccc(NC(=O)[C@@H]2CCCCN2)c(Br)c1. The van der Waals surface area contributed by atoms with E-state index in [-0.39, 0.29) is 17.5 Å². The van der Waals surface area contributed by atoms with E-state index in [9.17, 15) is 9.59 Å². The van der Waals surface area contributed by atoms with Crippen molar-refractivity contribution < 1.29 is 14.7 Å². The van der Waals surface area contributed by atoms with Gasteiger partial charge in [-0.1, -0.05) is 6.42 Å². The number of carboxylic acids is 1. The monoisotopic (exact) mass is 326 g/mol. The maximum atomic E-state index is 12.0. The molecule has 102 valence electrons. The lowest BCUT2D eigenvalue weighted by atomic mass is 10.0. The van der Waals surface area contributed by atoms with Crippen LogP contribution in [0.4, 0.5) is 5.69 Å². The summed E-state index contributed by atoms with van der Waals surface area (Å²) in [6.07, 6.45) is 2.97. The summed E-state index contributed by atoms with van der Waals surface area (Å²) >= 11 is 3.27. The van der Waals surface area contributed by atoms with Gasteiger partial charge in [0.2, 0.25) is 5.91 Å². The number of rotatable bonds is 3. The Bertz CT molecular complexity index is 499. The summed E-state index contributed by atoms with van der Waals surface area (Å²) in [5.74, 6) is -1.07. The van der Waals surface area contributed by atoms with Crippen molar-refractivity contribution >= 4 is 33.5 Å². The van der Waals surface area contributed by atoms with E-state index in [1.54, 1.807) is 6.07 Å². The van der Waals surface area contributed by atoms with Crippen LogP contribution < -0.4 is 10.6 Å². The van der Waals surface area contributed by atoms with Gasteiger partial charge in [0.25, 0.3) is 0 Å². The van der Waals surface area contributed by atoms with Crippen LogP contribution in [0.15, 0.2) is 22.7 Å². The minimum absolute atomic E-state index is 0.0801. The number of carbonyl (C=O) groups is 2. The minimum Gasteiger partial charge on any atom is -0.478 e. The number of benzene rings is 1. The molecule has 0 unspecified atom stereocenters. The predicted molar refractivity (Wildman–Crippen MR) is 75.4 cm³/mol. The topological polar surface area (TPSA) is 78.4 Å². The lowest BCUT2D eigenvalue weighted by Crippen LogP contribution is -2.43. The predicted octanol–water partition coefficient (Wildman–Crippen LogP) is 2.23. The van der Waals surface area contributed by atoms with Gasteiger partial charge in [-0.2, -0.15) is 0 Å². The summed E-state index contributed by atoms with van der Waals surface area (Å²) in [4.78, 5) is 22.8. The number of piperidine rings is 1. The molecule has 1 aromatic rings. The first-order chi connectivity index (χ1) is 9.08. The third kappa shape index (κ3) is 3.54. The molecular weight excluding hydrogens is 312 g/mol. The third-order valence-electron chi connectivity index (χ3n) is 3.10. The van der Waals surface area contributed by atoms with Crippen LogP contribution in [0.2, 0.25) is 0 Å². The number of carbonyl (C=O) groups excluding carboxylic acids is 1. The molecule has 0 aromatic heterocycles. The zero-order valence-electron chi connectivity index (χ0n) is 10.3. The first kappa shape index (κ1) is 14.0. The van der Waals surface area contributed by atoms with Gasteiger partial charge in [-0.15, -0.1) is 0 Å².